The van der Waals surface area contributed by atoms with Crippen LogP contribution >= 0.6 is 0 Å². The van der Waals surface area contributed by atoms with Gasteiger partial charge in [0.25, 0.3) is 0 Å². The average Bonchev–Trinajstić information content (AvgIpc) is 2.92. The molecule has 158 valence electrons. The topological polar surface area (TPSA) is 96.4 Å². The largest absolute Gasteiger partial charge is 0.495 e. The van der Waals surface area contributed by atoms with Crippen molar-refractivity contribution in [3.05, 3.63) is 30.0 Å². The summed E-state index contributed by atoms with van der Waals surface area (Å²) in [5.41, 5.74) is 1.89. The van der Waals surface area contributed by atoms with Crippen molar-refractivity contribution in [3.63, 3.8) is 0 Å². The molecule has 2 aliphatic rings. The molecule has 2 aromatic rings. The summed E-state index contributed by atoms with van der Waals surface area (Å²) in [6.45, 7) is 2.17. The molecule has 0 bridgehead atoms. The summed E-state index contributed by atoms with van der Waals surface area (Å²) in [6.07, 6.45) is 7.99. The second-order valence-electron chi connectivity index (χ2n) is 7.81. The molecule has 1 aliphatic heterocycles. The molecule has 1 aromatic heterocycles. The summed E-state index contributed by atoms with van der Waals surface area (Å²) >= 11 is 0. The first kappa shape index (κ1) is 20.1. The number of anilines is 4. The van der Waals surface area contributed by atoms with E-state index in [2.05, 4.69) is 20.5 Å². The number of aromatic nitrogens is 2. The Bertz CT molecular complexity index is 956. The molecule has 1 aliphatic carbocycles. The number of carbonyl (C=O) groups excluding carboxylic acids is 2. The van der Waals surface area contributed by atoms with Crippen molar-refractivity contribution in [2.24, 2.45) is 0 Å². The van der Waals surface area contributed by atoms with Gasteiger partial charge in [0.2, 0.25) is 11.9 Å². The quantitative estimate of drug-likeness (QED) is 0.723. The Kier molecular flexibility index (Phi) is 5.83. The van der Waals surface area contributed by atoms with E-state index in [1.807, 2.05) is 0 Å². The van der Waals surface area contributed by atoms with E-state index in [1.54, 1.807) is 31.5 Å². The molecule has 4 rings (SSSR count). The zero-order valence-electron chi connectivity index (χ0n) is 17.4. The highest BCUT2D eigenvalue weighted by atomic mass is 16.5. The third-order valence-electron chi connectivity index (χ3n) is 5.76. The molecule has 8 heteroatoms. The monoisotopic (exact) mass is 409 g/mol. The van der Waals surface area contributed by atoms with E-state index in [-0.39, 0.29) is 11.7 Å². The van der Waals surface area contributed by atoms with Crippen molar-refractivity contribution in [3.8, 4) is 5.75 Å². The van der Waals surface area contributed by atoms with Gasteiger partial charge in [-0.2, -0.15) is 4.98 Å². The molecule has 1 amide bonds. The van der Waals surface area contributed by atoms with E-state index in [9.17, 15) is 9.59 Å². The fraction of sp³-hybridized carbons (Fsp3) is 0.455. The standard InChI is InChI=1S/C22H27N5O3/c1-14(28)15-8-9-17(19(12-15)30-2)25-22-23-13-18-21(26-22)27(11-10-20(29)24-18)16-6-4-3-5-7-16/h8-9,12-13,16H,3-7,10-11H2,1-2H3,(H,24,29)(H,23,25,26). The number of nitrogens with zero attached hydrogens (tertiary/aromatic N) is 3. The highest BCUT2D eigenvalue weighted by Crippen LogP contribution is 2.34. The summed E-state index contributed by atoms with van der Waals surface area (Å²) in [5, 5.41) is 6.13. The van der Waals surface area contributed by atoms with Gasteiger partial charge in [0.05, 0.1) is 19.0 Å². The van der Waals surface area contributed by atoms with Crippen LogP contribution in [0.3, 0.4) is 0 Å². The molecule has 0 unspecified atom stereocenters. The predicted octanol–water partition coefficient (Wildman–Crippen LogP) is 3.91. The molecule has 1 fully saturated rings. The molecule has 0 spiro atoms. The maximum atomic E-state index is 12.2. The van der Waals surface area contributed by atoms with E-state index >= 15 is 0 Å². The van der Waals surface area contributed by atoms with Gasteiger partial charge in [-0.1, -0.05) is 19.3 Å². The SMILES string of the molecule is COc1cc(C(C)=O)ccc1Nc1ncc2c(n1)N(C1CCCCC1)CCC(=O)N2. The van der Waals surface area contributed by atoms with Crippen LogP contribution < -0.4 is 20.3 Å². The van der Waals surface area contributed by atoms with Gasteiger partial charge in [-0.05, 0) is 38.0 Å². The lowest BCUT2D eigenvalue weighted by Gasteiger charge is -2.34. The van der Waals surface area contributed by atoms with Crippen LogP contribution in [0.2, 0.25) is 0 Å². The molecule has 1 aromatic carbocycles. The van der Waals surface area contributed by atoms with Crippen LogP contribution in [0.15, 0.2) is 24.4 Å². The number of ketones is 1. The summed E-state index contributed by atoms with van der Waals surface area (Å²) in [7, 11) is 1.56. The number of methoxy groups -OCH3 is 1. The number of hydrogen-bond acceptors (Lipinski definition) is 7. The Morgan fingerprint density at radius 3 is 2.80 bits per heavy atom. The minimum absolute atomic E-state index is 0.0136. The third kappa shape index (κ3) is 4.22. The summed E-state index contributed by atoms with van der Waals surface area (Å²) in [6, 6.07) is 5.61. The second-order valence-corrected chi connectivity index (χ2v) is 7.81. The van der Waals surface area contributed by atoms with Gasteiger partial charge in [0.1, 0.15) is 11.4 Å². The van der Waals surface area contributed by atoms with Crippen LogP contribution in [0, 0.1) is 0 Å². The molecular formula is C22H27N5O3. The lowest BCUT2D eigenvalue weighted by atomic mass is 9.94. The van der Waals surface area contributed by atoms with Gasteiger partial charge in [0, 0.05) is 24.6 Å². The van der Waals surface area contributed by atoms with Crippen molar-refractivity contribution in [1.82, 2.24) is 9.97 Å². The van der Waals surface area contributed by atoms with Crippen LogP contribution in [0.5, 0.6) is 5.75 Å². The molecule has 30 heavy (non-hydrogen) atoms. The number of fused-ring (bicyclic) bond motifs is 1. The number of amides is 1. The van der Waals surface area contributed by atoms with Crippen LogP contribution in [-0.4, -0.2) is 41.4 Å². The van der Waals surface area contributed by atoms with Crippen LogP contribution in [0.25, 0.3) is 0 Å². The number of hydrogen-bond donors (Lipinski definition) is 2. The Morgan fingerprint density at radius 1 is 1.27 bits per heavy atom. The summed E-state index contributed by atoms with van der Waals surface area (Å²) in [5.74, 6) is 1.67. The van der Waals surface area contributed by atoms with E-state index in [0.717, 1.165) is 18.7 Å². The zero-order valence-corrected chi connectivity index (χ0v) is 17.4. The van der Waals surface area contributed by atoms with E-state index in [1.165, 1.54) is 26.2 Å². The fourth-order valence-electron chi connectivity index (χ4n) is 4.16. The first-order chi connectivity index (χ1) is 14.5. The molecule has 2 heterocycles. The van der Waals surface area contributed by atoms with Gasteiger partial charge in [-0.25, -0.2) is 4.98 Å². The van der Waals surface area contributed by atoms with Gasteiger partial charge >= 0.3 is 0 Å². The van der Waals surface area contributed by atoms with Crippen LogP contribution in [-0.2, 0) is 4.79 Å². The number of benzene rings is 1. The van der Waals surface area contributed by atoms with Crippen molar-refractivity contribution in [2.75, 3.05) is 29.2 Å². The minimum atomic E-state index is -0.0278. The molecule has 2 N–H and O–H groups in total. The van der Waals surface area contributed by atoms with Crippen molar-refractivity contribution < 1.29 is 14.3 Å². The molecule has 0 radical (unpaired) electrons. The van der Waals surface area contributed by atoms with Gasteiger partial charge in [-0.3, -0.25) is 9.59 Å². The van der Waals surface area contributed by atoms with E-state index < -0.39 is 0 Å². The Morgan fingerprint density at radius 2 is 2.07 bits per heavy atom. The highest BCUT2D eigenvalue weighted by molar-refractivity contribution is 5.96. The average molecular weight is 409 g/mol. The first-order valence-corrected chi connectivity index (χ1v) is 10.4. The van der Waals surface area contributed by atoms with Crippen molar-refractivity contribution in [1.29, 1.82) is 0 Å². The minimum Gasteiger partial charge on any atom is -0.495 e. The Hall–Kier alpha value is -3.16. The van der Waals surface area contributed by atoms with Crippen molar-refractivity contribution >= 4 is 34.8 Å². The normalized spacial score (nSPS) is 17.0. The molecule has 0 atom stereocenters. The number of Topliss-reactive ketones (excluding diaryl/α,β-unsaturated/α-hetero) is 1. The Labute approximate surface area is 176 Å². The van der Waals surface area contributed by atoms with Gasteiger partial charge < -0.3 is 20.3 Å². The highest BCUT2D eigenvalue weighted by Gasteiger charge is 2.28. The number of ether oxygens (including phenoxy) is 1. The Balaban J connectivity index is 1.65. The predicted molar refractivity (Wildman–Crippen MR) is 116 cm³/mol. The van der Waals surface area contributed by atoms with Crippen molar-refractivity contribution in [2.45, 2.75) is 51.5 Å². The van der Waals surface area contributed by atoms with Gasteiger partial charge in [-0.15, -0.1) is 0 Å². The number of rotatable bonds is 5. The molecule has 0 saturated heterocycles. The number of carbonyl (C=O) groups is 2. The molecule has 1 saturated carbocycles. The van der Waals surface area contributed by atoms with E-state index in [4.69, 9.17) is 9.72 Å². The smallest absolute Gasteiger partial charge is 0.229 e. The fourth-order valence-corrected chi connectivity index (χ4v) is 4.16. The number of nitrogens with one attached hydrogen (secondary N) is 2. The second kappa shape index (κ2) is 8.69. The summed E-state index contributed by atoms with van der Waals surface area (Å²) in [4.78, 5) is 35.2. The van der Waals surface area contributed by atoms with Crippen LogP contribution in [0.1, 0.15) is 55.8 Å². The third-order valence-corrected chi connectivity index (χ3v) is 5.76. The lowest BCUT2D eigenvalue weighted by Crippen LogP contribution is -2.38. The lowest BCUT2D eigenvalue weighted by molar-refractivity contribution is -0.116. The molecule has 8 nitrogen and oxygen atoms in total. The first-order valence-electron chi connectivity index (χ1n) is 10.4. The zero-order chi connectivity index (χ0) is 21.1. The van der Waals surface area contributed by atoms with Crippen LogP contribution in [0.4, 0.5) is 23.1 Å². The van der Waals surface area contributed by atoms with Gasteiger partial charge in [0.15, 0.2) is 11.6 Å². The summed E-state index contributed by atoms with van der Waals surface area (Å²) < 4.78 is 5.43. The maximum absolute atomic E-state index is 12.2. The molecular weight excluding hydrogens is 382 g/mol. The maximum Gasteiger partial charge on any atom is 0.229 e. The van der Waals surface area contributed by atoms with E-state index in [0.29, 0.717) is 47.6 Å².